The molecule has 7 nitrogen and oxygen atoms in total. The molecule has 1 fully saturated rings. The average molecular weight is 376 g/mol. The number of imidazole rings is 1. The van der Waals surface area contributed by atoms with Crippen molar-refractivity contribution in [2.75, 3.05) is 13.6 Å². The van der Waals surface area contributed by atoms with E-state index in [2.05, 4.69) is 37.3 Å². The van der Waals surface area contributed by atoms with Crippen LogP contribution in [0.15, 0.2) is 42.9 Å². The molecule has 0 saturated carbocycles. The Bertz CT molecular complexity index is 952. The standard InChI is InChI=1S/C21H24N6O/c1-14-10-16(15-5-6-17(25-12-15)21(28)22-2)11-18(26-14)19-4-3-9-27(19)13-20-23-7-8-24-20/h5-8,10-12,19H,3-4,9,13H2,1-2H3,(H,22,28)(H,23,24). The Labute approximate surface area is 164 Å². The van der Waals surface area contributed by atoms with E-state index in [1.807, 2.05) is 19.2 Å². The van der Waals surface area contributed by atoms with Crippen LogP contribution >= 0.6 is 0 Å². The number of H-pyrrole nitrogens is 1. The van der Waals surface area contributed by atoms with Gasteiger partial charge in [0.15, 0.2) is 0 Å². The summed E-state index contributed by atoms with van der Waals surface area (Å²) in [7, 11) is 1.60. The summed E-state index contributed by atoms with van der Waals surface area (Å²) in [6.07, 6.45) is 7.64. The summed E-state index contributed by atoms with van der Waals surface area (Å²) < 4.78 is 0. The Morgan fingerprint density at radius 1 is 1.29 bits per heavy atom. The topological polar surface area (TPSA) is 86.8 Å². The molecule has 4 rings (SSSR count). The van der Waals surface area contributed by atoms with Crippen molar-refractivity contribution in [2.24, 2.45) is 0 Å². The molecule has 1 aliphatic heterocycles. The number of carbonyl (C=O) groups is 1. The molecule has 144 valence electrons. The lowest BCUT2D eigenvalue weighted by atomic mass is 10.0. The molecule has 0 aromatic carbocycles. The summed E-state index contributed by atoms with van der Waals surface area (Å²) in [5, 5.41) is 2.59. The zero-order valence-corrected chi connectivity index (χ0v) is 16.1. The van der Waals surface area contributed by atoms with Crippen LogP contribution in [0.1, 0.15) is 46.6 Å². The summed E-state index contributed by atoms with van der Waals surface area (Å²) in [5.74, 6) is 0.798. The maximum atomic E-state index is 11.7. The van der Waals surface area contributed by atoms with Crippen LogP contribution in [0.2, 0.25) is 0 Å². The molecule has 1 unspecified atom stereocenters. The van der Waals surface area contributed by atoms with Gasteiger partial charge in [-0.1, -0.05) is 6.07 Å². The molecule has 0 aliphatic carbocycles. The molecule has 0 spiro atoms. The lowest BCUT2D eigenvalue weighted by Crippen LogP contribution is -2.24. The fraction of sp³-hybridized carbons (Fsp3) is 0.333. The Morgan fingerprint density at radius 2 is 2.18 bits per heavy atom. The zero-order chi connectivity index (χ0) is 19.5. The third-order valence-corrected chi connectivity index (χ3v) is 5.14. The van der Waals surface area contributed by atoms with E-state index in [1.165, 1.54) is 0 Å². The molecule has 0 radical (unpaired) electrons. The van der Waals surface area contributed by atoms with Crippen molar-refractivity contribution in [2.45, 2.75) is 32.4 Å². The summed E-state index contributed by atoms with van der Waals surface area (Å²) >= 11 is 0. The number of aryl methyl sites for hydroxylation is 1. The number of aromatic amines is 1. The average Bonchev–Trinajstić information content (AvgIpc) is 3.39. The molecule has 7 heteroatoms. The van der Waals surface area contributed by atoms with E-state index in [0.29, 0.717) is 5.69 Å². The Balaban J connectivity index is 1.60. The zero-order valence-electron chi connectivity index (χ0n) is 16.1. The molecule has 0 bridgehead atoms. The van der Waals surface area contributed by atoms with Gasteiger partial charge in [0.25, 0.3) is 5.91 Å². The lowest BCUT2D eigenvalue weighted by Gasteiger charge is -2.24. The van der Waals surface area contributed by atoms with E-state index in [4.69, 9.17) is 4.98 Å². The summed E-state index contributed by atoms with van der Waals surface area (Å²) in [4.78, 5) is 30.8. The first-order chi connectivity index (χ1) is 13.6. The highest BCUT2D eigenvalue weighted by molar-refractivity contribution is 5.92. The Morgan fingerprint density at radius 3 is 2.89 bits per heavy atom. The second-order valence-corrected chi connectivity index (χ2v) is 7.10. The highest BCUT2D eigenvalue weighted by Gasteiger charge is 2.28. The van der Waals surface area contributed by atoms with Gasteiger partial charge in [-0.15, -0.1) is 0 Å². The molecule has 1 atom stereocenters. The number of aromatic nitrogens is 4. The second kappa shape index (κ2) is 7.90. The van der Waals surface area contributed by atoms with Crippen LogP contribution in [-0.4, -0.2) is 44.3 Å². The van der Waals surface area contributed by atoms with Crippen molar-refractivity contribution in [3.8, 4) is 11.1 Å². The predicted molar refractivity (Wildman–Crippen MR) is 107 cm³/mol. The fourth-order valence-electron chi connectivity index (χ4n) is 3.79. The van der Waals surface area contributed by atoms with Gasteiger partial charge < -0.3 is 10.3 Å². The third kappa shape index (κ3) is 3.80. The van der Waals surface area contributed by atoms with Crippen molar-refractivity contribution in [1.29, 1.82) is 0 Å². The number of carbonyl (C=O) groups excluding carboxylic acids is 1. The highest BCUT2D eigenvalue weighted by atomic mass is 16.1. The number of amides is 1. The van der Waals surface area contributed by atoms with Crippen LogP contribution < -0.4 is 5.32 Å². The number of rotatable bonds is 5. The van der Waals surface area contributed by atoms with E-state index in [0.717, 1.165) is 54.3 Å². The predicted octanol–water partition coefficient (Wildman–Crippen LogP) is 2.87. The largest absolute Gasteiger partial charge is 0.354 e. The molecule has 3 aromatic heterocycles. The van der Waals surface area contributed by atoms with Crippen molar-refractivity contribution >= 4 is 5.91 Å². The maximum absolute atomic E-state index is 11.7. The SMILES string of the molecule is CNC(=O)c1ccc(-c2cc(C)nc(C3CCCN3Cc3ncc[nH]3)c2)cn1. The molecule has 2 N–H and O–H groups in total. The molecular formula is C21H24N6O. The van der Waals surface area contributed by atoms with Gasteiger partial charge in [0.2, 0.25) is 0 Å². The van der Waals surface area contributed by atoms with E-state index >= 15 is 0 Å². The third-order valence-electron chi connectivity index (χ3n) is 5.14. The van der Waals surface area contributed by atoms with E-state index in [9.17, 15) is 4.79 Å². The van der Waals surface area contributed by atoms with Gasteiger partial charge in [0.05, 0.1) is 18.3 Å². The van der Waals surface area contributed by atoms with Crippen molar-refractivity contribution in [3.05, 3.63) is 65.8 Å². The number of likely N-dealkylation sites (tertiary alicyclic amines) is 1. The molecule has 28 heavy (non-hydrogen) atoms. The number of hydrogen-bond donors (Lipinski definition) is 2. The lowest BCUT2D eigenvalue weighted by molar-refractivity contribution is 0.0958. The van der Waals surface area contributed by atoms with Crippen molar-refractivity contribution < 1.29 is 4.79 Å². The summed E-state index contributed by atoms with van der Waals surface area (Å²) in [5.41, 5.74) is 4.53. The minimum atomic E-state index is -0.183. The van der Waals surface area contributed by atoms with Gasteiger partial charge >= 0.3 is 0 Å². The van der Waals surface area contributed by atoms with E-state index < -0.39 is 0 Å². The molecule has 4 heterocycles. The molecule has 1 aliphatic rings. The van der Waals surface area contributed by atoms with Crippen molar-refractivity contribution in [3.63, 3.8) is 0 Å². The molecule has 3 aromatic rings. The van der Waals surface area contributed by atoms with Gasteiger partial charge in [0, 0.05) is 36.9 Å². The number of nitrogens with zero attached hydrogens (tertiary/aromatic N) is 4. The van der Waals surface area contributed by atoms with Gasteiger partial charge in [0.1, 0.15) is 11.5 Å². The van der Waals surface area contributed by atoms with Crippen LogP contribution in [0.3, 0.4) is 0 Å². The summed E-state index contributed by atoms with van der Waals surface area (Å²) in [6.45, 7) is 3.86. The highest BCUT2D eigenvalue weighted by Crippen LogP contribution is 2.34. The minimum absolute atomic E-state index is 0.183. The van der Waals surface area contributed by atoms with E-state index in [1.54, 1.807) is 25.5 Å². The molecule has 1 amide bonds. The minimum Gasteiger partial charge on any atom is -0.354 e. The fourth-order valence-corrected chi connectivity index (χ4v) is 3.79. The van der Waals surface area contributed by atoms with Crippen LogP contribution in [0.25, 0.3) is 11.1 Å². The first-order valence-electron chi connectivity index (χ1n) is 9.53. The quantitative estimate of drug-likeness (QED) is 0.715. The maximum Gasteiger partial charge on any atom is 0.269 e. The second-order valence-electron chi connectivity index (χ2n) is 7.10. The smallest absolute Gasteiger partial charge is 0.269 e. The normalized spacial score (nSPS) is 17.0. The first kappa shape index (κ1) is 18.3. The Kier molecular flexibility index (Phi) is 5.16. The monoisotopic (exact) mass is 376 g/mol. The summed E-state index contributed by atoms with van der Waals surface area (Å²) in [6, 6.07) is 8.18. The van der Waals surface area contributed by atoms with Crippen LogP contribution in [0.5, 0.6) is 0 Å². The molecule has 1 saturated heterocycles. The van der Waals surface area contributed by atoms with Crippen LogP contribution in [0, 0.1) is 6.92 Å². The first-order valence-corrected chi connectivity index (χ1v) is 9.53. The number of hydrogen-bond acceptors (Lipinski definition) is 5. The van der Waals surface area contributed by atoms with Gasteiger partial charge in [-0.05, 0) is 50.1 Å². The Hall–Kier alpha value is -3.06. The molecular weight excluding hydrogens is 352 g/mol. The van der Waals surface area contributed by atoms with Gasteiger partial charge in [-0.2, -0.15) is 0 Å². The van der Waals surface area contributed by atoms with E-state index in [-0.39, 0.29) is 11.9 Å². The van der Waals surface area contributed by atoms with Crippen LogP contribution in [0.4, 0.5) is 0 Å². The number of pyridine rings is 2. The van der Waals surface area contributed by atoms with Gasteiger partial charge in [-0.3, -0.25) is 19.7 Å². The van der Waals surface area contributed by atoms with Crippen molar-refractivity contribution in [1.82, 2.24) is 30.2 Å². The van der Waals surface area contributed by atoms with Gasteiger partial charge in [-0.25, -0.2) is 4.98 Å². The number of nitrogens with one attached hydrogen (secondary N) is 2. The van der Waals surface area contributed by atoms with Crippen LogP contribution in [-0.2, 0) is 6.54 Å².